The minimum Gasteiger partial charge on any atom is -0.467 e. The molecule has 30 heavy (non-hydrogen) atoms. The molecule has 0 unspecified atom stereocenters. The van der Waals surface area contributed by atoms with Crippen LogP contribution < -0.4 is 9.64 Å². The average molecular weight is 481 g/mol. The van der Waals surface area contributed by atoms with Gasteiger partial charge in [-0.2, -0.15) is 9.97 Å². The molecule has 1 amide bonds. The van der Waals surface area contributed by atoms with Crippen molar-refractivity contribution in [2.45, 2.75) is 57.7 Å². The van der Waals surface area contributed by atoms with Crippen molar-refractivity contribution < 1.29 is 18.7 Å². The number of halogens is 2. The molecular formula is C21H26BrFN4O3. The molecule has 9 heteroatoms. The van der Waals surface area contributed by atoms with Crippen LogP contribution in [0.2, 0.25) is 0 Å². The van der Waals surface area contributed by atoms with Crippen LogP contribution in [0, 0.1) is 5.82 Å². The molecule has 1 aromatic heterocycles. The van der Waals surface area contributed by atoms with Crippen LogP contribution >= 0.6 is 15.9 Å². The first-order chi connectivity index (χ1) is 14.2. The second kappa shape index (κ2) is 7.83. The highest BCUT2D eigenvalue weighted by atomic mass is 79.9. The van der Waals surface area contributed by atoms with Crippen molar-refractivity contribution in [2.24, 2.45) is 0 Å². The molecule has 2 aromatic rings. The lowest BCUT2D eigenvalue weighted by Crippen LogP contribution is -2.45. The summed E-state index contributed by atoms with van der Waals surface area (Å²) in [6.45, 7) is 6.94. The van der Waals surface area contributed by atoms with Gasteiger partial charge in [-0.25, -0.2) is 9.18 Å². The molecule has 1 aromatic carbocycles. The van der Waals surface area contributed by atoms with E-state index in [1.807, 2.05) is 31.7 Å². The Balaban J connectivity index is 1.69. The predicted octanol–water partition coefficient (Wildman–Crippen LogP) is 4.52. The van der Waals surface area contributed by atoms with E-state index in [0.29, 0.717) is 28.8 Å². The maximum absolute atomic E-state index is 14.7. The lowest BCUT2D eigenvalue weighted by Gasteiger charge is -2.31. The summed E-state index contributed by atoms with van der Waals surface area (Å²) in [5, 5.41) is 0.623. The third kappa shape index (κ3) is 3.91. The number of methoxy groups -OCH3 is 1. The van der Waals surface area contributed by atoms with Gasteiger partial charge in [0, 0.05) is 24.5 Å². The molecule has 2 aliphatic rings. The van der Waals surface area contributed by atoms with Crippen LogP contribution in [-0.2, 0) is 4.74 Å². The van der Waals surface area contributed by atoms with Crippen molar-refractivity contribution in [1.29, 1.82) is 0 Å². The molecule has 2 bridgehead atoms. The largest absolute Gasteiger partial charge is 0.467 e. The first kappa shape index (κ1) is 21.1. The summed E-state index contributed by atoms with van der Waals surface area (Å²) in [7, 11) is 1.47. The van der Waals surface area contributed by atoms with Gasteiger partial charge in [-0.3, -0.25) is 0 Å². The molecule has 162 valence electrons. The monoisotopic (exact) mass is 480 g/mol. The Labute approximate surface area is 183 Å². The number of aromatic nitrogens is 2. The first-order valence-electron chi connectivity index (χ1n) is 10.1. The number of anilines is 1. The number of hydrogen-bond donors (Lipinski definition) is 0. The molecule has 0 saturated carbocycles. The number of carbonyl (C=O) groups is 1. The highest BCUT2D eigenvalue weighted by Crippen LogP contribution is 2.36. The molecule has 0 aliphatic carbocycles. The van der Waals surface area contributed by atoms with Crippen molar-refractivity contribution in [2.75, 3.05) is 25.1 Å². The summed E-state index contributed by atoms with van der Waals surface area (Å²) < 4.78 is 26.0. The number of ether oxygens (including phenoxy) is 2. The summed E-state index contributed by atoms with van der Waals surface area (Å²) in [6, 6.07) is 3.74. The van der Waals surface area contributed by atoms with Crippen LogP contribution in [-0.4, -0.2) is 58.8 Å². The Bertz CT molecular complexity index is 981. The van der Waals surface area contributed by atoms with E-state index in [2.05, 4.69) is 30.8 Å². The minimum atomic E-state index is -0.538. The van der Waals surface area contributed by atoms with E-state index in [1.165, 1.54) is 7.11 Å². The minimum absolute atomic E-state index is 0.0173. The summed E-state index contributed by atoms with van der Waals surface area (Å²) >= 11 is 3.22. The second-order valence-electron chi connectivity index (χ2n) is 8.80. The number of nitrogens with zero attached hydrogens (tertiary/aromatic N) is 4. The van der Waals surface area contributed by atoms with Crippen LogP contribution in [0.1, 0.15) is 40.0 Å². The maximum Gasteiger partial charge on any atom is 0.410 e. The Morgan fingerprint density at radius 3 is 2.63 bits per heavy atom. The Kier molecular flexibility index (Phi) is 5.50. The Morgan fingerprint density at radius 2 is 1.93 bits per heavy atom. The number of fused-ring (bicyclic) bond motifs is 3. The predicted molar refractivity (Wildman–Crippen MR) is 115 cm³/mol. The zero-order valence-corrected chi connectivity index (χ0v) is 19.2. The third-order valence-corrected chi connectivity index (χ3v) is 6.20. The molecule has 2 aliphatic heterocycles. The number of benzene rings is 1. The molecule has 3 heterocycles. The maximum atomic E-state index is 14.7. The van der Waals surface area contributed by atoms with Crippen molar-refractivity contribution >= 4 is 38.7 Å². The summed E-state index contributed by atoms with van der Waals surface area (Å²) in [6.07, 6.45) is 2.40. The third-order valence-electron chi connectivity index (χ3n) is 5.59. The topological polar surface area (TPSA) is 67.8 Å². The first-order valence-corrected chi connectivity index (χ1v) is 10.9. The van der Waals surface area contributed by atoms with Crippen LogP contribution in [0.5, 0.6) is 6.01 Å². The number of carbonyl (C=O) groups excluding carboxylic acids is 1. The van der Waals surface area contributed by atoms with Crippen LogP contribution in [0.3, 0.4) is 0 Å². The molecular weight excluding hydrogens is 455 g/mol. The highest BCUT2D eigenvalue weighted by Gasteiger charge is 2.42. The molecule has 7 nitrogen and oxygen atoms in total. The highest BCUT2D eigenvalue weighted by molar-refractivity contribution is 9.10. The molecule has 0 radical (unpaired) electrons. The smallest absolute Gasteiger partial charge is 0.410 e. The van der Waals surface area contributed by atoms with Gasteiger partial charge in [-0.1, -0.05) is 0 Å². The van der Waals surface area contributed by atoms with Crippen molar-refractivity contribution in [3.8, 4) is 6.01 Å². The molecule has 2 atom stereocenters. The van der Waals surface area contributed by atoms with E-state index in [9.17, 15) is 9.18 Å². The standard InChI is InChI=1S/C21H26BrFN4O3/c1-21(2,3)30-20(28)27-12-5-6-13(27)11-26(10-9-12)18-14-7-8-15(22)16(23)17(14)24-19(25-18)29-4/h7-8,12-13H,5-6,9-11H2,1-4H3/t12-,13+/m1/s1. The van der Waals surface area contributed by atoms with E-state index in [4.69, 9.17) is 9.47 Å². The molecule has 0 N–H and O–H groups in total. The SMILES string of the molecule is COc1nc(N2CC[C@H]3CC[C@@H](C2)N3C(=O)OC(C)(C)C)c2ccc(Br)c(F)c2n1. The van der Waals surface area contributed by atoms with Crippen molar-refractivity contribution in [3.05, 3.63) is 22.4 Å². The van der Waals surface area contributed by atoms with Crippen LogP contribution in [0.4, 0.5) is 15.0 Å². The van der Waals surface area contributed by atoms with Gasteiger partial charge < -0.3 is 19.3 Å². The molecule has 2 saturated heterocycles. The van der Waals surface area contributed by atoms with Crippen molar-refractivity contribution in [1.82, 2.24) is 14.9 Å². The van der Waals surface area contributed by atoms with E-state index in [0.717, 1.165) is 19.3 Å². The van der Waals surface area contributed by atoms with Gasteiger partial charge >= 0.3 is 12.1 Å². The summed E-state index contributed by atoms with van der Waals surface area (Å²) in [5.74, 6) is 0.182. The Morgan fingerprint density at radius 1 is 1.20 bits per heavy atom. The van der Waals surface area contributed by atoms with Gasteiger partial charge in [0.2, 0.25) is 0 Å². The average Bonchev–Trinajstić information content (AvgIpc) is 2.97. The van der Waals surface area contributed by atoms with Gasteiger partial charge in [0.15, 0.2) is 5.82 Å². The zero-order chi connectivity index (χ0) is 21.6. The van der Waals surface area contributed by atoms with Gasteiger partial charge in [0.1, 0.15) is 16.9 Å². The second-order valence-corrected chi connectivity index (χ2v) is 9.65. The van der Waals surface area contributed by atoms with E-state index >= 15 is 0 Å². The molecule has 0 spiro atoms. The zero-order valence-electron chi connectivity index (χ0n) is 17.6. The fourth-order valence-electron chi connectivity index (χ4n) is 4.31. The van der Waals surface area contributed by atoms with Gasteiger partial charge in [-0.05, 0) is 68.1 Å². The quantitative estimate of drug-likeness (QED) is 0.629. The van der Waals surface area contributed by atoms with Gasteiger partial charge in [0.05, 0.1) is 17.6 Å². The molecule has 4 rings (SSSR count). The number of hydrogen-bond acceptors (Lipinski definition) is 6. The van der Waals surface area contributed by atoms with Gasteiger partial charge in [-0.15, -0.1) is 0 Å². The normalized spacial score (nSPS) is 21.7. The van der Waals surface area contributed by atoms with Crippen LogP contribution in [0.25, 0.3) is 10.9 Å². The van der Waals surface area contributed by atoms with Crippen LogP contribution in [0.15, 0.2) is 16.6 Å². The number of amides is 1. The lowest BCUT2D eigenvalue weighted by molar-refractivity contribution is 0.0163. The molecule has 2 fully saturated rings. The van der Waals surface area contributed by atoms with Crippen molar-refractivity contribution in [3.63, 3.8) is 0 Å². The van der Waals surface area contributed by atoms with E-state index in [-0.39, 0.29) is 29.7 Å². The summed E-state index contributed by atoms with van der Waals surface area (Å²) in [5.41, 5.74) is -0.325. The summed E-state index contributed by atoms with van der Waals surface area (Å²) in [4.78, 5) is 25.6. The lowest BCUT2D eigenvalue weighted by atomic mass is 10.1. The van der Waals surface area contributed by atoms with Gasteiger partial charge in [0.25, 0.3) is 0 Å². The number of rotatable bonds is 2. The fourth-order valence-corrected chi connectivity index (χ4v) is 4.63. The Hall–Kier alpha value is -2.16. The van der Waals surface area contributed by atoms with E-state index < -0.39 is 11.4 Å². The fraction of sp³-hybridized carbons (Fsp3) is 0.571. The van der Waals surface area contributed by atoms with E-state index in [1.54, 1.807) is 6.07 Å².